The van der Waals surface area contributed by atoms with E-state index < -0.39 is 11.8 Å². The fourth-order valence-corrected chi connectivity index (χ4v) is 2.83. The zero-order valence-electron chi connectivity index (χ0n) is 14.7. The number of aryl methyl sites for hydroxylation is 1. The number of imidazole rings is 1. The fraction of sp³-hybridized carbons (Fsp3) is 0.389. The van der Waals surface area contributed by atoms with Crippen LogP contribution in [0.15, 0.2) is 48.1 Å². The molecular formula is C18H21ClN3O4+. The molecule has 7 nitrogen and oxygen atoms in total. The molecular weight excluding hydrogens is 358 g/mol. The average molecular weight is 379 g/mol. The predicted molar refractivity (Wildman–Crippen MR) is 94.5 cm³/mol. The Hall–Kier alpha value is -2.38. The van der Waals surface area contributed by atoms with Crippen LogP contribution in [0, 0.1) is 0 Å². The summed E-state index contributed by atoms with van der Waals surface area (Å²) in [5.41, 5.74) is 0.942. The predicted octanol–water partition coefficient (Wildman–Crippen LogP) is 2.17. The molecule has 1 aromatic carbocycles. The summed E-state index contributed by atoms with van der Waals surface area (Å²) in [6.45, 7) is 3.03. The van der Waals surface area contributed by atoms with E-state index >= 15 is 0 Å². The van der Waals surface area contributed by atoms with Crippen molar-refractivity contribution in [2.45, 2.75) is 25.7 Å². The number of esters is 1. The van der Waals surface area contributed by atoms with Crippen molar-refractivity contribution in [3.8, 4) is 0 Å². The Bertz CT molecular complexity index is 803. The molecule has 0 bridgehead atoms. The highest BCUT2D eigenvalue weighted by atomic mass is 35.5. The quantitative estimate of drug-likeness (QED) is 0.547. The van der Waals surface area contributed by atoms with Crippen LogP contribution in [0.25, 0.3) is 0 Å². The molecule has 1 unspecified atom stereocenters. The van der Waals surface area contributed by atoms with Gasteiger partial charge in [0.25, 0.3) is 5.79 Å². The molecule has 0 N–H and O–H groups in total. The van der Waals surface area contributed by atoms with E-state index in [0.717, 1.165) is 5.56 Å². The van der Waals surface area contributed by atoms with Gasteiger partial charge in [-0.25, -0.2) is 13.9 Å². The SMILES string of the molecule is CCOC(=O)C1=NOC(OCCn2cc[n+](C)c2)(c2ccc(Cl)cc2)C1. The lowest BCUT2D eigenvalue weighted by atomic mass is 10.0. The molecule has 0 saturated carbocycles. The Morgan fingerprint density at radius 1 is 1.42 bits per heavy atom. The van der Waals surface area contributed by atoms with Crippen molar-refractivity contribution in [2.75, 3.05) is 13.2 Å². The minimum Gasteiger partial charge on any atom is -0.461 e. The van der Waals surface area contributed by atoms with E-state index in [1.54, 1.807) is 19.1 Å². The topological polar surface area (TPSA) is 65.9 Å². The van der Waals surface area contributed by atoms with Gasteiger partial charge in [0.15, 0.2) is 5.71 Å². The molecule has 3 rings (SSSR count). The zero-order chi connectivity index (χ0) is 18.6. The van der Waals surface area contributed by atoms with Crippen LogP contribution >= 0.6 is 11.6 Å². The standard InChI is InChI=1S/C18H21ClN3O4/c1-3-24-17(23)16-12-18(26-20-16,14-4-6-15(19)7-5-14)25-11-10-22-9-8-21(2)13-22/h4-9,13H,3,10-12H2,1-2H3/q+1. The number of carbonyl (C=O) groups excluding carboxylic acids is 1. The van der Waals surface area contributed by atoms with E-state index in [9.17, 15) is 4.79 Å². The molecule has 0 spiro atoms. The number of benzene rings is 1. The summed E-state index contributed by atoms with van der Waals surface area (Å²) in [6.07, 6.45) is 6.03. The van der Waals surface area contributed by atoms with Gasteiger partial charge in [0.2, 0.25) is 6.33 Å². The second kappa shape index (κ2) is 7.88. The van der Waals surface area contributed by atoms with Crippen molar-refractivity contribution in [3.05, 3.63) is 53.6 Å². The van der Waals surface area contributed by atoms with Crippen LogP contribution in [0.4, 0.5) is 0 Å². The van der Waals surface area contributed by atoms with Crippen LogP contribution in [0.2, 0.25) is 5.02 Å². The molecule has 0 amide bonds. The number of oxime groups is 1. The van der Waals surface area contributed by atoms with Crippen LogP contribution in [0.5, 0.6) is 0 Å². The molecule has 0 fully saturated rings. The van der Waals surface area contributed by atoms with Gasteiger partial charge in [0.05, 0.1) is 26.7 Å². The van der Waals surface area contributed by atoms with Gasteiger partial charge in [0, 0.05) is 10.6 Å². The summed E-state index contributed by atoms with van der Waals surface area (Å²) >= 11 is 5.98. The summed E-state index contributed by atoms with van der Waals surface area (Å²) < 4.78 is 15.0. The Kier molecular flexibility index (Phi) is 5.58. The van der Waals surface area contributed by atoms with Crippen molar-refractivity contribution in [2.24, 2.45) is 12.2 Å². The van der Waals surface area contributed by atoms with Crippen molar-refractivity contribution in [3.63, 3.8) is 0 Å². The third-order valence-corrected chi connectivity index (χ3v) is 4.26. The lowest BCUT2D eigenvalue weighted by molar-refractivity contribution is -0.671. The number of aromatic nitrogens is 2. The minimum absolute atomic E-state index is 0.174. The third-order valence-electron chi connectivity index (χ3n) is 4.01. The van der Waals surface area contributed by atoms with Crippen molar-refractivity contribution >= 4 is 23.3 Å². The van der Waals surface area contributed by atoms with E-state index in [-0.39, 0.29) is 18.7 Å². The van der Waals surface area contributed by atoms with Crippen LogP contribution in [-0.2, 0) is 38.5 Å². The highest BCUT2D eigenvalue weighted by Crippen LogP contribution is 2.37. The van der Waals surface area contributed by atoms with Gasteiger partial charge in [-0.3, -0.25) is 0 Å². The van der Waals surface area contributed by atoms with E-state index in [0.29, 0.717) is 18.2 Å². The maximum Gasteiger partial charge on any atom is 0.356 e. The second-order valence-electron chi connectivity index (χ2n) is 5.95. The van der Waals surface area contributed by atoms with Crippen LogP contribution in [0.3, 0.4) is 0 Å². The third kappa shape index (κ3) is 4.05. The number of ether oxygens (including phenoxy) is 2. The lowest BCUT2D eigenvalue weighted by Crippen LogP contribution is -2.33. The Morgan fingerprint density at radius 3 is 2.85 bits per heavy atom. The molecule has 0 aliphatic carbocycles. The Morgan fingerprint density at radius 2 is 2.19 bits per heavy atom. The smallest absolute Gasteiger partial charge is 0.356 e. The van der Waals surface area contributed by atoms with E-state index in [4.69, 9.17) is 25.9 Å². The molecule has 1 aliphatic rings. The van der Waals surface area contributed by atoms with Crippen LogP contribution in [0.1, 0.15) is 18.9 Å². The summed E-state index contributed by atoms with van der Waals surface area (Å²) in [5.74, 6) is -1.66. The highest BCUT2D eigenvalue weighted by molar-refractivity contribution is 6.36. The van der Waals surface area contributed by atoms with Gasteiger partial charge >= 0.3 is 5.97 Å². The zero-order valence-corrected chi connectivity index (χ0v) is 15.5. The first-order valence-corrected chi connectivity index (χ1v) is 8.73. The molecule has 26 heavy (non-hydrogen) atoms. The first-order chi connectivity index (χ1) is 12.5. The summed E-state index contributed by atoms with van der Waals surface area (Å²) in [4.78, 5) is 17.6. The van der Waals surface area contributed by atoms with E-state index in [1.807, 2.05) is 47.0 Å². The first kappa shape index (κ1) is 18.4. The summed E-state index contributed by atoms with van der Waals surface area (Å²) in [5, 5.41) is 4.51. The number of rotatable bonds is 7. The lowest BCUT2D eigenvalue weighted by Gasteiger charge is -2.26. The van der Waals surface area contributed by atoms with Crippen molar-refractivity contribution < 1.29 is 23.7 Å². The van der Waals surface area contributed by atoms with Crippen molar-refractivity contribution in [1.29, 1.82) is 0 Å². The molecule has 0 radical (unpaired) electrons. The number of carbonyl (C=O) groups is 1. The maximum absolute atomic E-state index is 12.0. The van der Waals surface area contributed by atoms with Gasteiger partial charge in [-0.15, -0.1) is 0 Å². The van der Waals surface area contributed by atoms with E-state index in [2.05, 4.69) is 5.16 Å². The van der Waals surface area contributed by atoms with Gasteiger partial charge < -0.3 is 14.3 Å². The molecule has 8 heteroatoms. The maximum atomic E-state index is 12.0. The first-order valence-electron chi connectivity index (χ1n) is 8.35. The largest absolute Gasteiger partial charge is 0.461 e. The van der Waals surface area contributed by atoms with E-state index in [1.165, 1.54) is 0 Å². The fourth-order valence-electron chi connectivity index (χ4n) is 2.71. The van der Waals surface area contributed by atoms with Crippen molar-refractivity contribution in [1.82, 2.24) is 4.57 Å². The Balaban J connectivity index is 1.74. The summed E-state index contributed by atoms with van der Waals surface area (Å²) in [6, 6.07) is 7.11. The van der Waals surface area contributed by atoms with Gasteiger partial charge in [0.1, 0.15) is 18.9 Å². The normalized spacial score (nSPS) is 19.1. The Labute approximate surface area is 156 Å². The van der Waals surface area contributed by atoms with Gasteiger partial charge in [-0.1, -0.05) is 28.9 Å². The molecule has 1 atom stereocenters. The molecule has 1 aliphatic heterocycles. The number of hydrogen-bond acceptors (Lipinski definition) is 5. The second-order valence-corrected chi connectivity index (χ2v) is 6.39. The number of nitrogens with zero attached hydrogens (tertiary/aromatic N) is 3. The molecule has 2 aromatic rings. The summed E-state index contributed by atoms with van der Waals surface area (Å²) in [7, 11) is 1.95. The molecule has 0 saturated heterocycles. The highest BCUT2D eigenvalue weighted by Gasteiger charge is 2.45. The minimum atomic E-state index is -1.16. The number of hydrogen-bond donors (Lipinski definition) is 0. The van der Waals surface area contributed by atoms with Gasteiger partial charge in [-0.05, 0) is 19.1 Å². The van der Waals surface area contributed by atoms with Gasteiger partial charge in [-0.2, -0.15) is 0 Å². The molecule has 1 aromatic heterocycles. The average Bonchev–Trinajstić information content (AvgIpc) is 3.23. The molecule has 138 valence electrons. The molecule has 2 heterocycles. The number of halogens is 1. The van der Waals surface area contributed by atoms with Crippen LogP contribution < -0.4 is 4.57 Å². The monoisotopic (exact) mass is 378 g/mol. The van der Waals surface area contributed by atoms with Crippen LogP contribution in [-0.4, -0.2) is 29.5 Å².